The summed E-state index contributed by atoms with van der Waals surface area (Å²) in [6.07, 6.45) is 1.79. The van der Waals surface area contributed by atoms with Crippen molar-refractivity contribution < 1.29 is 9.47 Å². The molecule has 0 saturated carbocycles. The number of aromatic amines is 1. The molecule has 1 aliphatic carbocycles. The lowest BCUT2D eigenvalue weighted by atomic mass is 10.1. The molecule has 6 heteroatoms. The smallest absolute Gasteiger partial charge is 0.258 e. The first-order chi connectivity index (χ1) is 14.7. The van der Waals surface area contributed by atoms with Gasteiger partial charge < -0.3 is 9.47 Å². The van der Waals surface area contributed by atoms with Crippen molar-refractivity contribution in [2.45, 2.75) is 25.9 Å². The summed E-state index contributed by atoms with van der Waals surface area (Å²) in [5, 5.41) is 0. The van der Waals surface area contributed by atoms with Crippen LogP contribution in [0.1, 0.15) is 29.3 Å². The number of hydrogen-bond acceptors (Lipinski definition) is 5. The summed E-state index contributed by atoms with van der Waals surface area (Å²) in [5.41, 5.74) is 4.19. The quantitative estimate of drug-likeness (QED) is 0.456. The summed E-state index contributed by atoms with van der Waals surface area (Å²) >= 11 is 1.34. The van der Waals surface area contributed by atoms with Crippen LogP contribution in [-0.4, -0.2) is 9.36 Å². The summed E-state index contributed by atoms with van der Waals surface area (Å²) in [7, 11) is 0. The maximum atomic E-state index is 11.4. The third-order valence-electron chi connectivity index (χ3n) is 5.19. The summed E-state index contributed by atoms with van der Waals surface area (Å²) < 4.78 is 15.1. The van der Waals surface area contributed by atoms with Crippen molar-refractivity contribution in [3.8, 4) is 27.8 Å². The first kappa shape index (κ1) is 18.6. The van der Waals surface area contributed by atoms with Crippen LogP contribution in [-0.2, 0) is 6.42 Å². The molecule has 4 aromatic rings. The molecule has 2 aromatic carbocycles. The highest BCUT2D eigenvalue weighted by molar-refractivity contribution is 7.09. The molecule has 30 heavy (non-hydrogen) atoms. The van der Waals surface area contributed by atoms with Gasteiger partial charge in [0.2, 0.25) is 5.88 Å². The van der Waals surface area contributed by atoms with E-state index in [-0.39, 0.29) is 11.7 Å². The molecule has 5 nitrogen and oxygen atoms in total. The number of fused-ring (bicyclic) bond motifs is 1. The number of hydrogen-bond donors (Lipinski definition) is 1. The number of pyridine rings is 1. The summed E-state index contributed by atoms with van der Waals surface area (Å²) in [5.74, 6) is 2.26. The van der Waals surface area contributed by atoms with Crippen LogP contribution in [0.5, 0.6) is 17.4 Å². The monoisotopic (exact) mass is 416 g/mol. The highest BCUT2D eigenvalue weighted by Crippen LogP contribution is 2.41. The van der Waals surface area contributed by atoms with Gasteiger partial charge in [-0.1, -0.05) is 29.7 Å². The van der Waals surface area contributed by atoms with Crippen LogP contribution in [0.4, 0.5) is 0 Å². The Kier molecular flexibility index (Phi) is 4.85. The Labute approximate surface area is 178 Å². The number of H-pyrrole nitrogens is 1. The van der Waals surface area contributed by atoms with E-state index in [2.05, 4.69) is 15.4 Å². The fourth-order valence-electron chi connectivity index (χ4n) is 3.78. The van der Waals surface area contributed by atoms with Crippen LogP contribution in [0.3, 0.4) is 0 Å². The van der Waals surface area contributed by atoms with Crippen molar-refractivity contribution in [1.29, 1.82) is 0 Å². The van der Waals surface area contributed by atoms with E-state index < -0.39 is 0 Å². The molecule has 0 bridgehead atoms. The lowest BCUT2D eigenvalue weighted by molar-refractivity contribution is 0.207. The highest BCUT2D eigenvalue weighted by Gasteiger charge is 2.27. The van der Waals surface area contributed by atoms with Gasteiger partial charge >= 0.3 is 0 Å². The Hall–Kier alpha value is -3.38. The summed E-state index contributed by atoms with van der Waals surface area (Å²) in [6.45, 7) is 1.95. The van der Waals surface area contributed by atoms with E-state index in [9.17, 15) is 4.79 Å². The number of nitrogens with one attached hydrogen (secondary N) is 1. The van der Waals surface area contributed by atoms with E-state index in [1.165, 1.54) is 17.1 Å². The zero-order valence-corrected chi connectivity index (χ0v) is 17.2. The highest BCUT2D eigenvalue weighted by atomic mass is 32.1. The van der Waals surface area contributed by atoms with E-state index in [1.54, 1.807) is 6.07 Å². The van der Waals surface area contributed by atoms with Crippen LogP contribution < -0.4 is 15.0 Å². The molecule has 0 amide bonds. The standard InChI is InChI=1S/C24H20N2O3S/c1-15-4-2-7-24(25-15)29-20-6-3-5-18-19(20)12-13-21(18)28-17-10-8-16(9-11-17)22-14-23(27)26-30-22/h2-11,14,21H,12-13H2,1H3,(H,26,27)/t21-/m1/s1. The van der Waals surface area contributed by atoms with E-state index >= 15 is 0 Å². The molecule has 0 aliphatic heterocycles. The molecule has 0 radical (unpaired) electrons. The molecular weight excluding hydrogens is 396 g/mol. The topological polar surface area (TPSA) is 64.2 Å². The number of nitrogens with zero attached hydrogens (tertiary/aromatic N) is 1. The molecule has 1 aliphatic rings. The van der Waals surface area contributed by atoms with Crippen molar-refractivity contribution in [1.82, 2.24) is 9.36 Å². The van der Waals surface area contributed by atoms with Gasteiger partial charge in [-0.2, -0.15) is 0 Å². The predicted molar refractivity (Wildman–Crippen MR) is 118 cm³/mol. The fraction of sp³-hybridized carbons (Fsp3) is 0.167. The van der Waals surface area contributed by atoms with Crippen LogP contribution in [0.15, 0.2) is 71.5 Å². The van der Waals surface area contributed by atoms with Gasteiger partial charge in [-0.15, -0.1) is 0 Å². The largest absolute Gasteiger partial charge is 0.486 e. The molecular formula is C24H20N2O3S. The second-order valence-electron chi connectivity index (χ2n) is 7.29. The molecule has 2 heterocycles. The minimum atomic E-state index is -0.0724. The van der Waals surface area contributed by atoms with E-state index in [1.807, 2.05) is 61.5 Å². The van der Waals surface area contributed by atoms with Gasteiger partial charge in [0.05, 0.1) is 4.88 Å². The molecule has 1 N–H and O–H groups in total. The number of benzene rings is 2. The third kappa shape index (κ3) is 3.74. The normalized spacial score (nSPS) is 15.0. The molecule has 0 spiro atoms. The van der Waals surface area contributed by atoms with Crippen molar-refractivity contribution in [3.05, 3.63) is 93.9 Å². The van der Waals surface area contributed by atoms with Crippen LogP contribution in [0.25, 0.3) is 10.4 Å². The van der Waals surface area contributed by atoms with Gasteiger partial charge in [-0.05, 0) is 67.3 Å². The van der Waals surface area contributed by atoms with Crippen LogP contribution >= 0.6 is 11.5 Å². The van der Waals surface area contributed by atoms with E-state index in [4.69, 9.17) is 9.47 Å². The van der Waals surface area contributed by atoms with Gasteiger partial charge in [0.25, 0.3) is 5.56 Å². The minimum absolute atomic E-state index is 0.0109. The predicted octanol–water partition coefficient (Wildman–Crippen LogP) is 5.67. The minimum Gasteiger partial charge on any atom is -0.486 e. The first-order valence-electron chi connectivity index (χ1n) is 9.84. The molecule has 2 aromatic heterocycles. The summed E-state index contributed by atoms with van der Waals surface area (Å²) in [6, 6.07) is 21.3. The summed E-state index contributed by atoms with van der Waals surface area (Å²) in [4.78, 5) is 16.7. The number of aromatic nitrogens is 2. The molecule has 0 saturated heterocycles. The van der Waals surface area contributed by atoms with Crippen LogP contribution in [0, 0.1) is 6.92 Å². The average Bonchev–Trinajstić information content (AvgIpc) is 3.36. The second kappa shape index (κ2) is 7.80. The molecule has 0 fully saturated rings. The van der Waals surface area contributed by atoms with E-state index in [0.717, 1.165) is 46.0 Å². The Morgan fingerprint density at radius 3 is 2.67 bits per heavy atom. The molecule has 0 unspecified atom stereocenters. The zero-order valence-electron chi connectivity index (χ0n) is 16.4. The van der Waals surface area contributed by atoms with E-state index in [0.29, 0.717) is 5.88 Å². The zero-order chi connectivity index (χ0) is 20.5. The van der Waals surface area contributed by atoms with Crippen LogP contribution in [0.2, 0.25) is 0 Å². The van der Waals surface area contributed by atoms with Gasteiger partial charge in [-0.25, -0.2) is 4.98 Å². The Bertz CT molecular complexity index is 1240. The Morgan fingerprint density at radius 2 is 1.90 bits per heavy atom. The maximum absolute atomic E-state index is 11.4. The Morgan fingerprint density at radius 1 is 1.07 bits per heavy atom. The van der Waals surface area contributed by atoms with Crippen molar-refractivity contribution >= 4 is 11.5 Å². The molecule has 1 atom stereocenters. The van der Waals surface area contributed by atoms with Gasteiger partial charge in [0.15, 0.2) is 0 Å². The van der Waals surface area contributed by atoms with Gasteiger partial charge in [0, 0.05) is 23.4 Å². The van der Waals surface area contributed by atoms with Gasteiger partial charge in [0.1, 0.15) is 17.6 Å². The van der Waals surface area contributed by atoms with Crippen molar-refractivity contribution in [2.24, 2.45) is 0 Å². The fourth-order valence-corrected chi connectivity index (χ4v) is 4.47. The number of aryl methyl sites for hydroxylation is 1. The molecule has 5 rings (SSSR count). The first-order valence-corrected chi connectivity index (χ1v) is 10.7. The van der Waals surface area contributed by atoms with Crippen molar-refractivity contribution in [2.75, 3.05) is 0 Å². The van der Waals surface area contributed by atoms with Gasteiger partial charge in [-0.3, -0.25) is 9.17 Å². The third-order valence-corrected chi connectivity index (χ3v) is 6.07. The Balaban J connectivity index is 1.34. The lowest BCUT2D eigenvalue weighted by Gasteiger charge is -2.16. The molecule has 150 valence electrons. The second-order valence-corrected chi connectivity index (χ2v) is 8.14. The average molecular weight is 417 g/mol. The van der Waals surface area contributed by atoms with Crippen molar-refractivity contribution in [3.63, 3.8) is 0 Å². The lowest BCUT2D eigenvalue weighted by Crippen LogP contribution is -2.03. The maximum Gasteiger partial charge on any atom is 0.258 e. The number of rotatable bonds is 5. The SMILES string of the molecule is Cc1cccc(Oc2cccc3c2CC[C@H]3Oc2ccc(-c3cc(=O)[nH]s3)cc2)n1. The number of ether oxygens (including phenoxy) is 2.